The van der Waals surface area contributed by atoms with E-state index in [0.717, 1.165) is 12.1 Å². The molecule has 10 heteroatoms. The highest BCUT2D eigenvalue weighted by atomic mass is 19.2. The van der Waals surface area contributed by atoms with Crippen molar-refractivity contribution in [1.29, 1.82) is 0 Å². The molecule has 156 valence electrons. The summed E-state index contributed by atoms with van der Waals surface area (Å²) in [6, 6.07) is 2.37. The largest absolute Gasteiger partial charge is 0.394 e. The number of aliphatic hydroxyl groups excluding tert-OH is 1. The number of fused-ring (bicyclic) bond motifs is 1. The van der Waals surface area contributed by atoms with Crippen molar-refractivity contribution in [2.45, 2.75) is 45.4 Å². The van der Waals surface area contributed by atoms with Gasteiger partial charge in [-0.15, -0.1) is 0 Å². The smallest absolute Gasteiger partial charge is 0.322 e. The first-order chi connectivity index (χ1) is 13.6. The molecule has 3 N–H and O–H groups in total. The van der Waals surface area contributed by atoms with E-state index in [-0.39, 0.29) is 24.9 Å². The third-order valence-corrected chi connectivity index (χ3v) is 4.76. The first kappa shape index (κ1) is 20.7. The molecule has 3 rings (SSSR count). The van der Waals surface area contributed by atoms with Crippen LogP contribution in [0.25, 0.3) is 0 Å². The Hall–Kier alpha value is -3.01. The van der Waals surface area contributed by atoms with Crippen LogP contribution in [0.3, 0.4) is 0 Å². The molecule has 1 aliphatic rings. The molecule has 0 radical (unpaired) electrons. The minimum Gasteiger partial charge on any atom is -0.394 e. The summed E-state index contributed by atoms with van der Waals surface area (Å²) in [4.78, 5) is 26.8. The van der Waals surface area contributed by atoms with Gasteiger partial charge in [-0.25, -0.2) is 13.6 Å². The van der Waals surface area contributed by atoms with Crippen LogP contribution in [-0.2, 0) is 13.1 Å². The molecule has 8 nitrogen and oxygen atoms in total. The standard InChI is InChI=1S/C19H23F2N5O3/c1-11-8-26-16(13(7-22-26)17(28)24-19(2,3)10-27)9-25(11)18(29)23-12-4-5-14(20)15(21)6-12/h4-7,11,27H,8-10H2,1-3H3,(H,23,29)(H,24,28)/t11-/m1/s1. The summed E-state index contributed by atoms with van der Waals surface area (Å²) < 4.78 is 28.1. The van der Waals surface area contributed by atoms with E-state index in [1.54, 1.807) is 18.5 Å². The number of hydrogen-bond donors (Lipinski definition) is 3. The number of nitrogens with one attached hydrogen (secondary N) is 2. The number of nitrogens with zero attached hydrogens (tertiary/aromatic N) is 3. The number of anilines is 1. The summed E-state index contributed by atoms with van der Waals surface area (Å²) in [6.07, 6.45) is 1.43. The van der Waals surface area contributed by atoms with Gasteiger partial charge in [0.25, 0.3) is 5.91 Å². The first-order valence-electron chi connectivity index (χ1n) is 9.12. The number of amides is 3. The molecule has 2 aromatic rings. The molecular weight excluding hydrogens is 384 g/mol. The molecule has 1 aliphatic heterocycles. The van der Waals surface area contributed by atoms with E-state index in [9.17, 15) is 23.5 Å². The molecule has 2 heterocycles. The van der Waals surface area contributed by atoms with Crippen molar-refractivity contribution in [3.63, 3.8) is 0 Å². The van der Waals surface area contributed by atoms with Crippen LogP contribution in [0.15, 0.2) is 24.4 Å². The first-order valence-corrected chi connectivity index (χ1v) is 9.12. The van der Waals surface area contributed by atoms with Crippen LogP contribution in [-0.4, -0.2) is 49.9 Å². The maximum absolute atomic E-state index is 13.4. The zero-order valence-electron chi connectivity index (χ0n) is 16.4. The van der Waals surface area contributed by atoms with Gasteiger partial charge in [0.05, 0.1) is 48.7 Å². The van der Waals surface area contributed by atoms with Gasteiger partial charge in [0.1, 0.15) is 0 Å². The predicted octanol–water partition coefficient (Wildman–Crippen LogP) is 2.10. The molecule has 29 heavy (non-hydrogen) atoms. The zero-order chi connectivity index (χ0) is 21.3. The predicted molar refractivity (Wildman–Crippen MR) is 101 cm³/mol. The van der Waals surface area contributed by atoms with E-state index >= 15 is 0 Å². The fourth-order valence-electron chi connectivity index (χ4n) is 3.05. The summed E-state index contributed by atoms with van der Waals surface area (Å²) in [6.45, 7) is 5.44. The third kappa shape index (κ3) is 4.37. The molecule has 3 amide bonds. The van der Waals surface area contributed by atoms with Crippen molar-refractivity contribution in [3.05, 3.63) is 47.3 Å². The Morgan fingerprint density at radius 2 is 2.03 bits per heavy atom. The van der Waals surface area contributed by atoms with Gasteiger partial charge in [0, 0.05) is 11.8 Å². The number of halogens is 2. The van der Waals surface area contributed by atoms with Gasteiger partial charge in [0.2, 0.25) is 0 Å². The molecular formula is C19H23F2N5O3. The van der Waals surface area contributed by atoms with Crippen molar-refractivity contribution < 1.29 is 23.5 Å². The fourth-order valence-corrected chi connectivity index (χ4v) is 3.05. The van der Waals surface area contributed by atoms with E-state index in [2.05, 4.69) is 15.7 Å². The van der Waals surface area contributed by atoms with Gasteiger partial charge in [-0.05, 0) is 32.9 Å². The fraction of sp³-hybridized carbons (Fsp3) is 0.421. The van der Waals surface area contributed by atoms with Crippen LogP contribution in [0.2, 0.25) is 0 Å². The Balaban J connectivity index is 1.78. The summed E-state index contributed by atoms with van der Waals surface area (Å²) in [5.41, 5.74) is 0.180. The van der Waals surface area contributed by atoms with Gasteiger partial charge in [-0.1, -0.05) is 0 Å². The van der Waals surface area contributed by atoms with Crippen LogP contribution in [0, 0.1) is 11.6 Å². The van der Waals surface area contributed by atoms with E-state index in [4.69, 9.17) is 0 Å². The van der Waals surface area contributed by atoms with Gasteiger partial charge >= 0.3 is 6.03 Å². The molecule has 0 fully saturated rings. The monoisotopic (exact) mass is 407 g/mol. The van der Waals surface area contributed by atoms with Crippen LogP contribution >= 0.6 is 0 Å². The molecule has 0 aliphatic carbocycles. The van der Waals surface area contributed by atoms with Crippen molar-refractivity contribution in [2.75, 3.05) is 11.9 Å². The topological polar surface area (TPSA) is 99.5 Å². The zero-order valence-corrected chi connectivity index (χ0v) is 16.4. The Morgan fingerprint density at radius 3 is 2.69 bits per heavy atom. The normalized spacial score (nSPS) is 16.3. The highest BCUT2D eigenvalue weighted by Crippen LogP contribution is 2.23. The van der Waals surface area contributed by atoms with Gasteiger partial charge in [-0.3, -0.25) is 9.48 Å². The summed E-state index contributed by atoms with van der Waals surface area (Å²) in [5.74, 6) is -2.46. The molecule has 0 bridgehead atoms. The van der Waals surface area contributed by atoms with Crippen molar-refractivity contribution >= 4 is 17.6 Å². The second-order valence-corrected chi connectivity index (χ2v) is 7.72. The molecule has 1 atom stereocenters. The highest BCUT2D eigenvalue weighted by Gasteiger charge is 2.32. The number of rotatable bonds is 4. The summed E-state index contributed by atoms with van der Waals surface area (Å²) in [5, 5.41) is 18.9. The summed E-state index contributed by atoms with van der Waals surface area (Å²) in [7, 11) is 0. The van der Waals surface area contributed by atoms with Crippen LogP contribution < -0.4 is 10.6 Å². The van der Waals surface area contributed by atoms with E-state index in [0.29, 0.717) is 17.8 Å². The highest BCUT2D eigenvalue weighted by molar-refractivity contribution is 5.96. The molecule has 1 aromatic heterocycles. The molecule has 0 saturated carbocycles. The van der Waals surface area contributed by atoms with Gasteiger partial charge < -0.3 is 20.6 Å². The van der Waals surface area contributed by atoms with E-state index in [1.165, 1.54) is 17.2 Å². The maximum Gasteiger partial charge on any atom is 0.322 e. The van der Waals surface area contributed by atoms with E-state index in [1.807, 2.05) is 6.92 Å². The Kier molecular flexibility index (Phi) is 5.56. The van der Waals surface area contributed by atoms with Gasteiger partial charge in [-0.2, -0.15) is 5.10 Å². The SMILES string of the molecule is C[C@@H]1Cn2ncc(C(=O)NC(C)(C)CO)c2CN1C(=O)Nc1ccc(F)c(F)c1. The van der Waals surface area contributed by atoms with E-state index < -0.39 is 29.1 Å². The van der Waals surface area contributed by atoms with Crippen molar-refractivity contribution in [2.24, 2.45) is 0 Å². The number of aliphatic hydroxyl groups is 1. The van der Waals surface area contributed by atoms with Crippen molar-refractivity contribution in [1.82, 2.24) is 20.0 Å². The lowest BCUT2D eigenvalue weighted by molar-refractivity contribution is 0.0864. The lowest BCUT2D eigenvalue weighted by atomic mass is 10.1. The molecule has 1 aromatic carbocycles. The average molecular weight is 407 g/mol. The second kappa shape index (κ2) is 7.78. The Morgan fingerprint density at radius 1 is 1.31 bits per heavy atom. The number of hydrogen-bond acceptors (Lipinski definition) is 4. The molecule has 0 spiro atoms. The minimum atomic E-state index is -1.06. The quantitative estimate of drug-likeness (QED) is 0.723. The number of carbonyl (C=O) groups is 2. The van der Waals surface area contributed by atoms with Crippen LogP contribution in [0.1, 0.15) is 36.8 Å². The van der Waals surface area contributed by atoms with Crippen molar-refractivity contribution in [3.8, 4) is 0 Å². The summed E-state index contributed by atoms with van der Waals surface area (Å²) >= 11 is 0. The molecule has 0 saturated heterocycles. The lowest BCUT2D eigenvalue weighted by Crippen LogP contribution is -2.48. The third-order valence-electron chi connectivity index (χ3n) is 4.76. The average Bonchev–Trinajstić information content (AvgIpc) is 3.06. The van der Waals surface area contributed by atoms with Gasteiger partial charge in [0.15, 0.2) is 11.6 Å². The lowest BCUT2D eigenvalue weighted by Gasteiger charge is -2.34. The van der Waals surface area contributed by atoms with Crippen LogP contribution in [0.5, 0.6) is 0 Å². The molecule has 0 unspecified atom stereocenters. The number of urea groups is 1. The number of carbonyl (C=O) groups excluding carboxylic acids is 2. The number of benzene rings is 1. The second-order valence-electron chi connectivity index (χ2n) is 7.72. The Bertz CT molecular complexity index is 944. The number of aromatic nitrogens is 2. The Labute approximate surface area is 166 Å². The van der Waals surface area contributed by atoms with Crippen LogP contribution in [0.4, 0.5) is 19.3 Å². The maximum atomic E-state index is 13.4. The minimum absolute atomic E-state index is 0.110.